The lowest BCUT2D eigenvalue weighted by Crippen LogP contribution is -2.50. The van der Waals surface area contributed by atoms with E-state index in [1.54, 1.807) is 14.0 Å². The van der Waals surface area contributed by atoms with E-state index >= 15 is 0 Å². The number of rotatable bonds is 9. The minimum atomic E-state index is 0.0604. The number of piperazine rings is 1. The third kappa shape index (κ3) is 7.09. The molecule has 0 spiro atoms. The van der Waals surface area contributed by atoms with E-state index < -0.39 is 0 Å². The van der Waals surface area contributed by atoms with Crippen molar-refractivity contribution in [2.24, 2.45) is 4.99 Å². The SMILES string of the molecule is CCOc1ccc(C(C)NC(=NC)NCCN2CCN(C(C)=O)CC2)cc1OCC. The monoisotopic (exact) mass is 419 g/mol. The molecule has 0 aromatic heterocycles. The van der Waals surface area contributed by atoms with Gasteiger partial charge in [0.1, 0.15) is 0 Å². The fourth-order valence-corrected chi connectivity index (χ4v) is 3.44. The minimum absolute atomic E-state index is 0.0604. The van der Waals surface area contributed by atoms with E-state index in [1.807, 2.05) is 36.9 Å². The molecule has 0 aliphatic carbocycles. The smallest absolute Gasteiger partial charge is 0.219 e. The summed E-state index contributed by atoms with van der Waals surface area (Å²) in [6, 6.07) is 6.09. The second kappa shape index (κ2) is 12.3. The summed E-state index contributed by atoms with van der Waals surface area (Å²) in [6.07, 6.45) is 0. The first-order valence-electron chi connectivity index (χ1n) is 10.8. The Hall–Kier alpha value is -2.48. The molecule has 30 heavy (non-hydrogen) atoms. The highest BCUT2D eigenvalue weighted by molar-refractivity contribution is 5.80. The summed E-state index contributed by atoms with van der Waals surface area (Å²) in [7, 11) is 1.78. The van der Waals surface area contributed by atoms with Gasteiger partial charge in [0.05, 0.1) is 19.3 Å². The Kier molecular flexibility index (Phi) is 9.73. The zero-order chi connectivity index (χ0) is 21.9. The number of benzene rings is 1. The van der Waals surface area contributed by atoms with Crippen LogP contribution in [0.2, 0.25) is 0 Å². The molecule has 1 aromatic carbocycles. The van der Waals surface area contributed by atoms with Crippen LogP contribution in [0.1, 0.15) is 39.3 Å². The molecule has 0 saturated carbocycles. The van der Waals surface area contributed by atoms with Crippen LogP contribution in [-0.4, -0.2) is 81.2 Å². The van der Waals surface area contributed by atoms with Crippen LogP contribution in [0.15, 0.2) is 23.2 Å². The third-order valence-corrected chi connectivity index (χ3v) is 5.18. The molecule has 1 amide bonds. The van der Waals surface area contributed by atoms with Gasteiger partial charge in [0, 0.05) is 53.2 Å². The molecule has 1 heterocycles. The third-order valence-electron chi connectivity index (χ3n) is 5.18. The average Bonchev–Trinajstić information content (AvgIpc) is 2.74. The number of hydrogen-bond donors (Lipinski definition) is 2. The Morgan fingerprint density at radius 3 is 2.40 bits per heavy atom. The highest BCUT2D eigenvalue weighted by atomic mass is 16.5. The van der Waals surface area contributed by atoms with Gasteiger partial charge in [0.25, 0.3) is 0 Å². The van der Waals surface area contributed by atoms with Crippen molar-refractivity contribution < 1.29 is 14.3 Å². The van der Waals surface area contributed by atoms with Gasteiger partial charge in [-0.05, 0) is 38.5 Å². The normalized spacial score (nSPS) is 16.2. The first kappa shape index (κ1) is 23.8. The number of amides is 1. The molecule has 2 N–H and O–H groups in total. The van der Waals surface area contributed by atoms with Crippen LogP contribution < -0.4 is 20.1 Å². The number of nitrogens with zero attached hydrogens (tertiary/aromatic N) is 3. The van der Waals surface area contributed by atoms with Crippen molar-refractivity contribution >= 4 is 11.9 Å². The highest BCUT2D eigenvalue weighted by Gasteiger charge is 2.18. The summed E-state index contributed by atoms with van der Waals surface area (Å²) >= 11 is 0. The van der Waals surface area contributed by atoms with Crippen LogP contribution in [0.5, 0.6) is 11.5 Å². The fourth-order valence-electron chi connectivity index (χ4n) is 3.44. The number of carbonyl (C=O) groups excluding carboxylic acids is 1. The Labute approximate surface area is 180 Å². The fraction of sp³-hybridized carbons (Fsp3) is 0.636. The van der Waals surface area contributed by atoms with Crippen molar-refractivity contribution in [3.8, 4) is 11.5 Å². The summed E-state index contributed by atoms with van der Waals surface area (Å²) in [5.74, 6) is 2.45. The van der Waals surface area contributed by atoms with Crippen LogP contribution in [-0.2, 0) is 4.79 Å². The highest BCUT2D eigenvalue weighted by Crippen LogP contribution is 2.30. The largest absolute Gasteiger partial charge is 0.490 e. The van der Waals surface area contributed by atoms with Crippen LogP contribution in [0.3, 0.4) is 0 Å². The van der Waals surface area contributed by atoms with Crippen LogP contribution in [0.25, 0.3) is 0 Å². The second-order valence-electron chi connectivity index (χ2n) is 7.28. The number of carbonyl (C=O) groups is 1. The van der Waals surface area contributed by atoms with Gasteiger partial charge in [-0.25, -0.2) is 0 Å². The zero-order valence-corrected chi connectivity index (χ0v) is 19.0. The van der Waals surface area contributed by atoms with Crippen molar-refractivity contribution in [2.75, 3.05) is 59.5 Å². The molecule has 1 fully saturated rings. The van der Waals surface area contributed by atoms with Gasteiger partial charge in [0.2, 0.25) is 5.91 Å². The maximum Gasteiger partial charge on any atom is 0.219 e. The van der Waals surface area contributed by atoms with Gasteiger partial charge in [-0.1, -0.05) is 6.07 Å². The molecule has 0 radical (unpaired) electrons. The second-order valence-corrected chi connectivity index (χ2v) is 7.28. The van der Waals surface area contributed by atoms with E-state index in [4.69, 9.17) is 9.47 Å². The maximum atomic E-state index is 11.4. The molecular weight excluding hydrogens is 382 g/mol. The topological polar surface area (TPSA) is 78.4 Å². The molecule has 8 heteroatoms. The number of nitrogens with one attached hydrogen (secondary N) is 2. The van der Waals surface area contributed by atoms with Gasteiger partial charge < -0.3 is 25.0 Å². The zero-order valence-electron chi connectivity index (χ0n) is 19.0. The molecule has 1 aliphatic rings. The molecule has 1 unspecified atom stereocenters. The average molecular weight is 420 g/mol. The predicted octanol–water partition coefficient (Wildman–Crippen LogP) is 1.87. The van der Waals surface area contributed by atoms with Gasteiger partial charge >= 0.3 is 0 Å². The number of ether oxygens (including phenoxy) is 2. The van der Waals surface area contributed by atoms with E-state index in [1.165, 1.54) is 0 Å². The molecular formula is C22H37N5O3. The molecule has 8 nitrogen and oxygen atoms in total. The van der Waals surface area contributed by atoms with Crippen molar-refractivity contribution in [1.82, 2.24) is 20.4 Å². The van der Waals surface area contributed by atoms with Crippen molar-refractivity contribution in [3.63, 3.8) is 0 Å². The lowest BCUT2D eigenvalue weighted by atomic mass is 10.1. The first-order valence-corrected chi connectivity index (χ1v) is 10.8. The summed E-state index contributed by atoms with van der Waals surface area (Å²) in [4.78, 5) is 20.0. The molecule has 0 bridgehead atoms. The van der Waals surface area contributed by atoms with Crippen molar-refractivity contribution in [1.29, 1.82) is 0 Å². The van der Waals surface area contributed by atoms with E-state index in [2.05, 4.69) is 27.4 Å². The number of aliphatic imine (C=N–C) groups is 1. The standard InChI is InChI=1S/C22H37N5O3/c1-6-29-20-9-8-19(16-21(20)30-7-2)17(3)25-22(23-5)24-10-11-26-12-14-27(15-13-26)18(4)28/h8-9,16-17H,6-7,10-15H2,1-5H3,(H2,23,24,25). The van der Waals surface area contributed by atoms with Gasteiger partial charge in [-0.2, -0.15) is 0 Å². The van der Waals surface area contributed by atoms with Gasteiger partial charge in [0.15, 0.2) is 17.5 Å². The molecule has 1 aromatic rings. The molecule has 1 aliphatic heterocycles. The minimum Gasteiger partial charge on any atom is -0.490 e. The quantitative estimate of drug-likeness (QED) is 0.470. The molecule has 2 rings (SSSR count). The van der Waals surface area contributed by atoms with E-state index in [-0.39, 0.29) is 11.9 Å². The van der Waals surface area contributed by atoms with Gasteiger partial charge in [-0.3, -0.25) is 14.7 Å². The molecule has 168 valence electrons. The summed E-state index contributed by atoms with van der Waals surface area (Å²) < 4.78 is 11.4. The number of hydrogen-bond acceptors (Lipinski definition) is 5. The predicted molar refractivity (Wildman–Crippen MR) is 120 cm³/mol. The summed E-state index contributed by atoms with van der Waals surface area (Å²) in [6.45, 7) is 14.0. The summed E-state index contributed by atoms with van der Waals surface area (Å²) in [5, 5.41) is 6.82. The van der Waals surface area contributed by atoms with E-state index in [0.29, 0.717) is 13.2 Å². The Balaban J connectivity index is 1.84. The first-order chi connectivity index (χ1) is 14.5. The lowest BCUT2D eigenvalue weighted by molar-refractivity contribution is -0.130. The Morgan fingerprint density at radius 2 is 1.80 bits per heavy atom. The van der Waals surface area contributed by atoms with E-state index in [0.717, 1.165) is 62.3 Å². The van der Waals surface area contributed by atoms with Crippen LogP contribution >= 0.6 is 0 Å². The van der Waals surface area contributed by atoms with E-state index in [9.17, 15) is 4.79 Å². The van der Waals surface area contributed by atoms with Crippen LogP contribution in [0.4, 0.5) is 0 Å². The number of guanidine groups is 1. The van der Waals surface area contributed by atoms with Crippen molar-refractivity contribution in [3.05, 3.63) is 23.8 Å². The Morgan fingerprint density at radius 1 is 1.13 bits per heavy atom. The Bertz CT molecular complexity index is 702. The lowest BCUT2D eigenvalue weighted by Gasteiger charge is -2.34. The molecule has 1 atom stereocenters. The molecule has 1 saturated heterocycles. The maximum absolute atomic E-state index is 11.4. The summed E-state index contributed by atoms with van der Waals surface area (Å²) in [5.41, 5.74) is 1.10. The van der Waals surface area contributed by atoms with Crippen molar-refractivity contribution in [2.45, 2.75) is 33.7 Å². The van der Waals surface area contributed by atoms with Gasteiger partial charge in [-0.15, -0.1) is 0 Å². The van der Waals surface area contributed by atoms with Crippen LogP contribution in [0, 0.1) is 0 Å².